The van der Waals surface area contributed by atoms with Gasteiger partial charge >= 0.3 is 6.09 Å². The number of hydrogen-bond donors (Lipinski definition) is 1. The molecule has 0 aromatic rings. The zero-order valence-electron chi connectivity index (χ0n) is 6.76. The Kier molecular flexibility index (Phi) is 4.91. The van der Waals surface area contributed by atoms with Crippen LogP contribution in [0.2, 0.25) is 0 Å². The molecule has 11 heavy (non-hydrogen) atoms. The second-order valence-corrected chi connectivity index (χ2v) is 2.11. The van der Waals surface area contributed by atoms with Crippen LogP contribution < -0.4 is 5.32 Å². The SMILES string of the molecule is CCCC(C#N)NC(=O)OC. The van der Waals surface area contributed by atoms with E-state index in [-0.39, 0.29) is 0 Å². The van der Waals surface area contributed by atoms with Crippen molar-refractivity contribution < 1.29 is 9.53 Å². The van der Waals surface area contributed by atoms with Crippen molar-refractivity contribution in [2.75, 3.05) is 7.11 Å². The van der Waals surface area contributed by atoms with Crippen molar-refractivity contribution in [3.63, 3.8) is 0 Å². The smallest absolute Gasteiger partial charge is 0.407 e. The average Bonchev–Trinajstić information content (AvgIpc) is 2.03. The molecule has 62 valence electrons. The number of alkyl carbamates (subject to hydrolysis) is 1. The van der Waals surface area contributed by atoms with Crippen LogP contribution in [0.25, 0.3) is 0 Å². The summed E-state index contributed by atoms with van der Waals surface area (Å²) >= 11 is 0. The Bertz CT molecular complexity index is 162. The van der Waals surface area contributed by atoms with Gasteiger partial charge < -0.3 is 10.1 Å². The maximum absolute atomic E-state index is 10.6. The molecule has 4 heteroatoms. The van der Waals surface area contributed by atoms with Crippen LogP contribution in [0, 0.1) is 11.3 Å². The Hall–Kier alpha value is -1.24. The molecule has 0 aromatic heterocycles. The van der Waals surface area contributed by atoms with Gasteiger partial charge in [-0.15, -0.1) is 0 Å². The molecule has 0 spiro atoms. The molecule has 4 nitrogen and oxygen atoms in total. The second-order valence-electron chi connectivity index (χ2n) is 2.11. The Morgan fingerprint density at radius 1 is 1.82 bits per heavy atom. The van der Waals surface area contributed by atoms with Crippen LogP contribution in [0.15, 0.2) is 0 Å². The molecule has 0 fully saturated rings. The number of methoxy groups -OCH3 is 1. The number of hydrogen-bond acceptors (Lipinski definition) is 3. The molecular weight excluding hydrogens is 144 g/mol. The van der Waals surface area contributed by atoms with Crippen molar-refractivity contribution in [2.24, 2.45) is 0 Å². The minimum absolute atomic E-state index is 0.424. The van der Waals surface area contributed by atoms with E-state index in [0.29, 0.717) is 6.42 Å². The van der Waals surface area contributed by atoms with Crippen molar-refractivity contribution >= 4 is 6.09 Å². The normalized spacial score (nSPS) is 11.4. The summed E-state index contributed by atoms with van der Waals surface area (Å²) in [6, 6.07) is 1.53. The maximum atomic E-state index is 10.6. The van der Waals surface area contributed by atoms with Gasteiger partial charge in [0.05, 0.1) is 13.2 Å². The molecule has 0 bridgehead atoms. The van der Waals surface area contributed by atoms with Crippen LogP contribution in [0.5, 0.6) is 0 Å². The fourth-order valence-electron chi connectivity index (χ4n) is 0.659. The summed E-state index contributed by atoms with van der Waals surface area (Å²) in [6.45, 7) is 1.95. The number of amides is 1. The van der Waals surface area contributed by atoms with E-state index in [1.807, 2.05) is 13.0 Å². The first kappa shape index (κ1) is 9.76. The Morgan fingerprint density at radius 2 is 2.45 bits per heavy atom. The maximum Gasteiger partial charge on any atom is 0.407 e. The molecule has 0 heterocycles. The van der Waals surface area contributed by atoms with Crippen molar-refractivity contribution in [2.45, 2.75) is 25.8 Å². The number of nitrogens with one attached hydrogen (secondary N) is 1. The van der Waals surface area contributed by atoms with Crippen LogP contribution in [0.4, 0.5) is 4.79 Å². The Balaban J connectivity index is 3.70. The lowest BCUT2D eigenvalue weighted by atomic mass is 10.2. The highest BCUT2D eigenvalue weighted by molar-refractivity contribution is 5.67. The minimum atomic E-state index is -0.551. The summed E-state index contributed by atoms with van der Waals surface area (Å²) in [7, 11) is 1.27. The van der Waals surface area contributed by atoms with Gasteiger partial charge in [-0.25, -0.2) is 4.79 Å². The first-order chi connectivity index (χ1) is 5.24. The van der Waals surface area contributed by atoms with E-state index in [2.05, 4.69) is 10.1 Å². The number of carbonyl (C=O) groups is 1. The molecule has 0 aliphatic rings. The molecule has 1 unspecified atom stereocenters. The third kappa shape index (κ3) is 4.20. The molecule has 1 N–H and O–H groups in total. The van der Waals surface area contributed by atoms with Crippen molar-refractivity contribution in [1.29, 1.82) is 5.26 Å². The van der Waals surface area contributed by atoms with Crippen molar-refractivity contribution in [1.82, 2.24) is 5.32 Å². The van der Waals surface area contributed by atoms with Gasteiger partial charge in [-0.05, 0) is 6.42 Å². The van der Waals surface area contributed by atoms with E-state index in [4.69, 9.17) is 5.26 Å². The first-order valence-corrected chi connectivity index (χ1v) is 3.48. The molecule has 1 atom stereocenters. The molecule has 0 saturated heterocycles. The second kappa shape index (κ2) is 5.54. The van der Waals surface area contributed by atoms with Crippen LogP contribution in [-0.4, -0.2) is 19.2 Å². The van der Waals surface area contributed by atoms with Gasteiger partial charge in [0.2, 0.25) is 0 Å². The average molecular weight is 156 g/mol. The zero-order chi connectivity index (χ0) is 8.69. The van der Waals surface area contributed by atoms with Crippen molar-refractivity contribution in [3.05, 3.63) is 0 Å². The van der Waals surface area contributed by atoms with Crippen LogP contribution in [-0.2, 0) is 4.74 Å². The largest absolute Gasteiger partial charge is 0.453 e. The Morgan fingerprint density at radius 3 is 2.82 bits per heavy atom. The van der Waals surface area contributed by atoms with Gasteiger partial charge in [-0.2, -0.15) is 5.26 Å². The molecule has 0 saturated carbocycles. The standard InChI is InChI=1S/C7H12N2O2/c1-3-4-6(5-8)9-7(10)11-2/h6H,3-4H2,1-2H3,(H,9,10). The molecule has 0 radical (unpaired) electrons. The molecule has 0 aromatic carbocycles. The van der Waals surface area contributed by atoms with E-state index in [1.165, 1.54) is 7.11 Å². The van der Waals surface area contributed by atoms with E-state index in [1.54, 1.807) is 0 Å². The van der Waals surface area contributed by atoms with Gasteiger partial charge in [0.15, 0.2) is 0 Å². The lowest BCUT2D eigenvalue weighted by Gasteiger charge is -2.07. The zero-order valence-corrected chi connectivity index (χ0v) is 6.76. The third-order valence-electron chi connectivity index (χ3n) is 1.21. The molecule has 0 rings (SSSR count). The van der Waals surface area contributed by atoms with E-state index in [9.17, 15) is 4.79 Å². The van der Waals surface area contributed by atoms with Gasteiger partial charge in [0.25, 0.3) is 0 Å². The quantitative estimate of drug-likeness (QED) is 0.663. The van der Waals surface area contributed by atoms with Gasteiger partial charge in [0.1, 0.15) is 6.04 Å². The highest BCUT2D eigenvalue weighted by atomic mass is 16.5. The summed E-state index contributed by atoms with van der Waals surface area (Å²) in [5.41, 5.74) is 0. The number of carbonyl (C=O) groups excluding carboxylic acids is 1. The van der Waals surface area contributed by atoms with Crippen LogP contribution >= 0.6 is 0 Å². The van der Waals surface area contributed by atoms with Crippen molar-refractivity contribution in [3.8, 4) is 6.07 Å². The lowest BCUT2D eigenvalue weighted by Crippen LogP contribution is -2.33. The summed E-state index contributed by atoms with van der Waals surface area (Å²) in [5, 5.41) is 10.9. The fourth-order valence-corrected chi connectivity index (χ4v) is 0.659. The van der Waals surface area contributed by atoms with Crippen LogP contribution in [0.3, 0.4) is 0 Å². The molecule has 0 aliphatic carbocycles. The van der Waals surface area contributed by atoms with Gasteiger partial charge in [0, 0.05) is 0 Å². The molecular formula is C7H12N2O2. The highest BCUT2D eigenvalue weighted by Gasteiger charge is 2.08. The Labute approximate surface area is 66.1 Å². The highest BCUT2D eigenvalue weighted by Crippen LogP contribution is 1.94. The predicted octanol–water partition coefficient (Wildman–Crippen LogP) is 1.03. The number of nitriles is 1. The van der Waals surface area contributed by atoms with E-state index >= 15 is 0 Å². The van der Waals surface area contributed by atoms with Gasteiger partial charge in [-0.3, -0.25) is 0 Å². The number of ether oxygens (including phenoxy) is 1. The summed E-state index contributed by atoms with van der Waals surface area (Å²) < 4.78 is 4.33. The summed E-state index contributed by atoms with van der Waals surface area (Å²) in [5.74, 6) is 0. The van der Waals surface area contributed by atoms with Gasteiger partial charge in [-0.1, -0.05) is 13.3 Å². The summed E-state index contributed by atoms with van der Waals surface area (Å²) in [4.78, 5) is 10.6. The first-order valence-electron chi connectivity index (χ1n) is 3.48. The topological polar surface area (TPSA) is 62.1 Å². The number of nitrogens with zero attached hydrogens (tertiary/aromatic N) is 1. The summed E-state index contributed by atoms with van der Waals surface area (Å²) in [6.07, 6.45) is 0.971. The fraction of sp³-hybridized carbons (Fsp3) is 0.714. The molecule has 1 amide bonds. The van der Waals surface area contributed by atoms with E-state index in [0.717, 1.165) is 6.42 Å². The third-order valence-corrected chi connectivity index (χ3v) is 1.21. The lowest BCUT2D eigenvalue weighted by molar-refractivity contribution is 0.168. The monoisotopic (exact) mass is 156 g/mol. The number of rotatable bonds is 3. The van der Waals surface area contributed by atoms with E-state index < -0.39 is 12.1 Å². The minimum Gasteiger partial charge on any atom is -0.453 e. The molecule has 0 aliphatic heterocycles. The van der Waals surface area contributed by atoms with Crippen LogP contribution in [0.1, 0.15) is 19.8 Å². The predicted molar refractivity (Wildman–Crippen MR) is 39.8 cm³/mol.